The summed E-state index contributed by atoms with van der Waals surface area (Å²) in [7, 11) is 0. The Labute approximate surface area is 161 Å². The summed E-state index contributed by atoms with van der Waals surface area (Å²) < 4.78 is 1.04. The molecule has 1 aromatic rings. The number of hydrogen-bond acceptors (Lipinski definition) is 4. The van der Waals surface area contributed by atoms with E-state index in [2.05, 4.69) is 33.0 Å². The van der Waals surface area contributed by atoms with Crippen LogP contribution in [-0.4, -0.2) is 48.6 Å². The molecule has 0 radical (unpaired) electrons. The summed E-state index contributed by atoms with van der Waals surface area (Å²) in [6, 6.07) is 8.15. The molecular formula is C20H23BrN2O3. The van der Waals surface area contributed by atoms with E-state index in [0.29, 0.717) is 25.9 Å². The van der Waals surface area contributed by atoms with Gasteiger partial charge in [-0.1, -0.05) is 22.9 Å². The first-order valence-electron chi connectivity index (χ1n) is 9.26. The molecule has 138 valence electrons. The van der Waals surface area contributed by atoms with E-state index >= 15 is 0 Å². The van der Waals surface area contributed by atoms with Crippen molar-refractivity contribution >= 4 is 39.1 Å². The molecule has 3 atom stereocenters. The van der Waals surface area contributed by atoms with Gasteiger partial charge in [-0.05, 0) is 36.6 Å². The Morgan fingerprint density at radius 2 is 1.77 bits per heavy atom. The summed E-state index contributed by atoms with van der Waals surface area (Å²) in [5.74, 6) is -0.166. The highest BCUT2D eigenvalue weighted by Crippen LogP contribution is 2.51. The quantitative estimate of drug-likeness (QED) is 0.692. The summed E-state index contributed by atoms with van der Waals surface area (Å²) in [5.41, 5.74) is 0.0658. The Hall–Kier alpha value is -1.69. The number of anilines is 1. The van der Waals surface area contributed by atoms with Crippen LogP contribution in [0.5, 0.6) is 0 Å². The van der Waals surface area contributed by atoms with E-state index in [1.165, 1.54) is 0 Å². The fourth-order valence-corrected chi connectivity index (χ4v) is 5.14. The number of Topliss-reactive ketones (excluding diaryl/α,β-unsaturated/α-hetero) is 2. The van der Waals surface area contributed by atoms with Gasteiger partial charge in [0.15, 0.2) is 5.78 Å². The number of hydrogen-bond donors (Lipinski definition) is 0. The minimum absolute atomic E-state index is 0.00584. The van der Waals surface area contributed by atoms with Crippen LogP contribution >= 0.6 is 15.9 Å². The molecule has 1 heterocycles. The van der Waals surface area contributed by atoms with Gasteiger partial charge in [-0.15, -0.1) is 0 Å². The molecule has 2 saturated carbocycles. The molecule has 3 fully saturated rings. The van der Waals surface area contributed by atoms with E-state index in [4.69, 9.17) is 0 Å². The van der Waals surface area contributed by atoms with Crippen molar-refractivity contribution in [3.63, 3.8) is 0 Å². The predicted molar refractivity (Wildman–Crippen MR) is 102 cm³/mol. The molecule has 3 unspecified atom stereocenters. The average molecular weight is 419 g/mol. The van der Waals surface area contributed by atoms with Crippen LogP contribution in [-0.2, 0) is 14.4 Å². The standard InChI is InChI=1S/C20H23BrN2O3/c1-13-14-10-17(24)12-20(11-14,18(13)25)19(26)23-8-6-22(7-9-23)16-4-2-15(21)3-5-16/h2-5,13-14H,6-12H2,1H3. The van der Waals surface area contributed by atoms with Gasteiger partial charge in [0.1, 0.15) is 11.2 Å². The zero-order chi connectivity index (χ0) is 18.5. The molecule has 0 N–H and O–H groups in total. The number of nitrogens with zero attached hydrogens (tertiary/aromatic N) is 2. The largest absolute Gasteiger partial charge is 0.368 e. The predicted octanol–water partition coefficient (Wildman–Crippen LogP) is 2.67. The first-order valence-corrected chi connectivity index (χ1v) is 10.1. The normalized spacial score (nSPS) is 31.5. The summed E-state index contributed by atoms with van der Waals surface area (Å²) >= 11 is 3.44. The number of carbonyl (C=O) groups excluding carboxylic acids is 3. The maximum atomic E-state index is 13.3. The lowest BCUT2D eigenvalue weighted by Gasteiger charge is -2.40. The molecule has 5 nitrogen and oxygen atoms in total. The topological polar surface area (TPSA) is 57.7 Å². The second-order valence-corrected chi connectivity index (χ2v) is 8.79. The van der Waals surface area contributed by atoms with Crippen molar-refractivity contribution in [2.24, 2.45) is 17.3 Å². The third-order valence-electron chi connectivity index (χ3n) is 6.36. The molecule has 1 saturated heterocycles. The molecule has 2 aliphatic carbocycles. The zero-order valence-corrected chi connectivity index (χ0v) is 16.5. The number of ketones is 2. The van der Waals surface area contributed by atoms with Gasteiger partial charge in [-0.3, -0.25) is 14.4 Å². The van der Waals surface area contributed by atoms with Crippen LogP contribution in [0.15, 0.2) is 28.7 Å². The monoisotopic (exact) mass is 418 g/mol. The number of amides is 1. The SMILES string of the molecule is CC1C(=O)C2(C(=O)N3CCN(c4ccc(Br)cc4)CC3)CC(=O)CC1C2. The fourth-order valence-electron chi connectivity index (χ4n) is 4.87. The Morgan fingerprint density at radius 1 is 1.12 bits per heavy atom. The molecule has 26 heavy (non-hydrogen) atoms. The lowest BCUT2D eigenvalue weighted by atomic mass is 9.73. The Morgan fingerprint density at radius 3 is 2.42 bits per heavy atom. The van der Waals surface area contributed by atoms with Gasteiger partial charge in [0, 0.05) is 55.1 Å². The van der Waals surface area contributed by atoms with Crippen LogP contribution in [0.4, 0.5) is 5.69 Å². The maximum absolute atomic E-state index is 13.3. The van der Waals surface area contributed by atoms with E-state index in [0.717, 1.165) is 23.2 Å². The van der Waals surface area contributed by atoms with Crippen LogP contribution in [0.1, 0.15) is 26.2 Å². The summed E-state index contributed by atoms with van der Waals surface area (Å²) in [4.78, 5) is 42.3. The second kappa shape index (κ2) is 6.48. The Kier molecular flexibility index (Phi) is 4.41. The van der Waals surface area contributed by atoms with Crippen LogP contribution < -0.4 is 4.90 Å². The van der Waals surface area contributed by atoms with E-state index in [1.807, 2.05) is 19.1 Å². The molecule has 1 aliphatic heterocycles. The van der Waals surface area contributed by atoms with E-state index in [9.17, 15) is 14.4 Å². The minimum Gasteiger partial charge on any atom is -0.368 e. The van der Waals surface area contributed by atoms with Gasteiger partial charge < -0.3 is 9.80 Å². The number of halogens is 1. The second-order valence-electron chi connectivity index (χ2n) is 7.87. The van der Waals surface area contributed by atoms with Gasteiger partial charge >= 0.3 is 0 Å². The molecular weight excluding hydrogens is 396 g/mol. The summed E-state index contributed by atoms with van der Waals surface area (Å²) in [6.07, 6.45) is 1.13. The fraction of sp³-hybridized carbons (Fsp3) is 0.550. The molecule has 3 aliphatic rings. The highest BCUT2D eigenvalue weighted by molar-refractivity contribution is 9.10. The molecule has 1 amide bonds. The first-order chi connectivity index (χ1) is 12.4. The van der Waals surface area contributed by atoms with E-state index in [1.54, 1.807) is 4.90 Å². The first kappa shape index (κ1) is 17.7. The Bertz CT molecular complexity index is 755. The van der Waals surface area contributed by atoms with E-state index < -0.39 is 5.41 Å². The van der Waals surface area contributed by atoms with Gasteiger partial charge in [-0.2, -0.15) is 0 Å². The Balaban J connectivity index is 1.47. The van der Waals surface area contributed by atoms with Crippen molar-refractivity contribution in [1.82, 2.24) is 4.90 Å². The van der Waals surface area contributed by atoms with Gasteiger partial charge in [0.05, 0.1) is 0 Å². The van der Waals surface area contributed by atoms with Gasteiger partial charge in [0.25, 0.3) is 0 Å². The zero-order valence-electron chi connectivity index (χ0n) is 14.9. The van der Waals surface area contributed by atoms with Crippen molar-refractivity contribution in [3.8, 4) is 0 Å². The summed E-state index contributed by atoms with van der Waals surface area (Å²) in [6.45, 7) is 4.55. The molecule has 2 bridgehead atoms. The van der Waals surface area contributed by atoms with Gasteiger partial charge in [0.2, 0.25) is 5.91 Å². The third-order valence-corrected chi connectivity index (χ3v) is 6.89. The van der Waals surface area contributed by atoms with Crippen molar-refractivity contribution in [3.05, 3.63) is 28.7 Å². The number of benzene rings is 1. The molecule has 0 spiro atoms. The number of piperazine rings is 1. The lowest BCUT2D eigenvalue weighted by Crippen LogP contribution is -2.55. The van der Waals surface area contributed by atoms with Crippen molar-refractivity contribution in [2.45, 2.75) is 26.2 Å². The number of rotatable bonds is 2. The van der Waals surface area contributed by atoms with E-state index in [-0.39, 0.29) is 35.7 Å². The molecule has 0 aromatic heterocycles. The number of fused-ring (bicyclic) bond motifs is 2. The average Bonchev–Trinajstić information content (AvgIpc) is 2.83. The maximum Gasteiger partial charge on any atom is 0.236 e. The third kappa shape index (κ3) is 2.79. The lowest BCUT2D eigenvalue weighted by molar-refractivity contribution is -0.152. The highest BCUT2D eigenvalue weighted by atomic mass is 79.9. The minimum atomic E-state index is -1.07. The van der Waals surface area contributed by atoms with Crippen molar-refractivity contribution in [2.75, 3.05) is 31.1 Å². The highest BCUT2D eigenvalue weighted by Gasteiger charge is 2.60. The van der Waals surface area contributed by atoms with Crippen molar-refractivity contribution in [1.29, 1.82) is 0 Å². The van der Waals surface area contributed by atoms with Crippen molar-refractivity contribution < 1.29 is 14.4 Å². The van der Waals surface area contributed by atoms with Gasteiger partial charge in [-0.25, -0.2) is 0 Å². The van der Waals surface area contributed by atoms with Crippen LogP contribution in [0.2, 0.25) is 0 Å². The van der Waals surface area contributed by atoms with Crippen LogP contribution in [0.3, 0.4) is 0 Å². The van der Waals surface area contributed by atoms with Crippen LogP contribution in [0.25, 0.3) is 0 Å². The molecule has 4 rings (SSSR count). The molecule has 1 aromatic carbocycles. The molecule has 6 heteroatoms. The number of carbonyl (C=O) groups is 3. The summed E-state index contributed by atoms with van der Waals surface area (Å²) in [5, 5.41) is 0. The smallest absolute Gasteiger partial charge is 0.236 e. The van der Waals surface area contributed by atoms with Crippen LogP contribution in [0, 0.1) is 17.3 Å².